The summed E-state index contributed by atoms with van der Waals surface area (Å²) < 4.78 is 62.4. The molecule has 0 saturated carbocycles. The van der Waals surface area contributed by atoms with Gasteiger partial charge in [-0.05, 0) is 0 Å². The van der Waals surface area contributed by atoms with Gasteiger partial charge in [-0.1, -0.05) is 0 Å². The maximum atomic E-state index is 12.9. The van der Waals surface area contributed by atoms with E-state index in [4.69, 9.17) is 0 Å². The number of ketones is 1. The molecule has 0 fully saturated rings. The van der Waals surface area contributed by atoms with Crippen molar-refractivity contribution in [2.24, 2.45) is 0 Å². The highest BCUT2D eigenvalue weighted by Gasteiger charge is 2.50. The fourth-order valence-corrected chi connectivity index (χ4v) is 1.43. The molecule has 0 spiro atoms. The first kappa shape index (κ1) is 10.1. The van der Waals surface area contributed by atoms with Gasteiger partial charge in [-0.2, -0.15) is 18.3 Å². The van der Waals surface area contributed by atoms with Gasteiger partial charge in [-0.25, -0.2) is 8.78 Å². The number of halogens is 5. The number of aromatic amines is 1. The first-order valence-electron chi connectivity index (χ1n) is 3.82. The van der Waals surface area contributed by atoms with Gasteiger partial charge in [0.05, 0.1) is 11.3 Å². The summed E-state index contributed by atoms with van der Waals surface area (Å²) in [5.41, 5.74) is -3.33. The first-order chi connectivity index (χ1) is 6.84. The number of carbonyl (C=O) groups excluding carboxylic acids is 1. The Morgan fingerprint density at radius 1 is 1.20 bits per heavy atom. The van der Waals surface area contributed by atoms with E-state index in [9.17, 15) is 26.7 Å². The molecule has 1 N–H and O–H groups in total. The average molecular weight is 226 g/mol. The molecule has 15 heavy (non-hydrogen) atoms. The third-order valence-electron chi connectivity index (χ3n) is 2.09. The van der Waals surface area contributed by atoms with E-state index >= 15 is 0 Å². The molecule has 1 heterocycles. The van der Waals surface area contributed by atoms with Crippen LogP contribution < -0.4 is 0 Å². The minimum Gasteiger partial charge on any atom is -0.291 e. The van der Waals surface area contributed by atoms with Gasteiger partial charge < -0.3 is 0 Å². The summed E-state index contributed by atoms with van der Waals surface area (Å²) in [6, 6.07) is 0. The van der Waals surface area contributed by atoms with Crippen molar-refractivity contribution in [2.75, 3.05) is 0 Å². The van der Waals surface area contributed by atoms with Crippen molar-refractivity contribution >= 4 is 5.78 Å². The number of fused-ring (bicyclic) bond motifs is 1. The molecule has 1 aliphatic rings. The minimum atomic E-state index is -4.90. The monoisotopic (exact) mass is 226 g/mol. The number of aromatic nitrogens is 2. The molecule has 8 heteroatoms. The summed E-state index contributed by atoms with van der Waals surface area (Å²) in [5, 5.41) is 4.46. The molecule has 0 aliphatic heterocycles. The van der Waals surface area contributed by atoms with Crippen molar-refractivity contribution < 1.29 is 26.7 Å². The van der Waals surface area contributed by atoms with Gasteiger partial charge in [0, 0.05) is 0 Å². The lowest BCUT2D eigenvalue weighted by Crippen LogP contribution is -2.16. The lowest BCUT2D eigenvalue weighted by atomic mass is 10.2. The molecule has 2 atom stereocenters. The number of hydrogen-bond acceptors (Lipinski definition) is 2. The van der Waals surface area contributed by atoms with Crippen LogP contribution in [0.3, 0.4) is 0 Å². The number of alkyl halides is 5. The van der Waals surface area contributed by atoms with E-state index in [-0.39, 0.29) is 0 Å². The minimum absolute atomic E-state index is 0.736. The van der Waals surface area contributed by atoms with Gasteiger partial charge in [0.2, 0.25) is 5.78 Å². The molecule has 0 bridgehead atoms. The van der Waals surface area contributed by atoms with Gasteiger partial charge in [0.25, 0.3) is 0 Å². The zero-order chi connectivity index (χ0) is 11.4. The van der Waals surface area contributed by atoms with Crippen LogP contribution in [0, 0.1) is 0 Å². The molecule has 0 aromatic carbocycles. The summed E-state index contributed by atoms with van der Waals surface area (Å²) in [5.74, 6) is -1.52. The zero-order valence-electron chi connectivity index (χ0n) is 6.90. The molecule has 0 unspecified atom stereocenters. The molecular formula is C7H3F5N2O. The molecular weight excluding hydrogens is 223 g/mol. The predicted molar refractivity (Wildman–Crippen MR) is 36.7 cm³/mol. The summed E-state index contributed by atoms with van der Waals surface area (Å²) in [4.78, 5) is 11.0. The topological polar surface area (TPSA) is 45.8 Å². The van der Waals surface area contributed by atoms with Crippen LogP contribution >= 0.6 is 0 Å². The molecule has 1 aromatic rings. The lowest BCUT2D eigenvalue weighted by Gasteiger charge is -2.03. The summed E-state index contributed by atoms with van der Waals surface area (Å²) in [6.07, 6.45) is -9.87. The Hall–Kier alpha value is -1.47. The third-order valence-corrected chi connectivity index (χ3v) is 2.09. The van der Waals surface area contributed by atoms with E-state index < -0.39 is 41.3 Å². The van der Waals surface area contributed by atoms with Crippen molar-refractivity contribution in [3.63, 3.8) is 0 Å². The molecule has 0 amide bonds. The number of hydrogen-bond donors (Lipinski definition) is 1. The van der Waals surface area contributed by atoms with Crippen LogP contribution in [0.25, 0.3) is 0 Å². The number of nitrogens with one attached hydrogen (secondary N) is 1. The average Bonchev–Trinajstić information content (AvgIpc) is 2.63. The van der Waals surface area contributed by atoms with Crippen molar-refractivity contribution in [3.05, 3.63) is 17.0 Å². The van der Waals surface area contributed by atoms with E-state index in [2.05, 4.69) is 5.10 Å². The molecule has 0 saturated heterocycles. The van der Waals surface area contributed by atoms with Gasteiger partial charge in [-0.3, -0.25) is 9.89 Å². The highest BCUT2D eigenvalue weighted by molar-refractivity contribution is 6.05. The number of nitrogens with zero attached hydrogens (tertiary/aromatic N) is 1. The number of rotatable bonds is 0. The molecule has 82 valence electrons. The van der Waals surface area contributed by atoms with Crippen molar-refractivity contribution in [3.8, 4) is 0 Å². The predicted octanol–water partition coefficient (Wildman–Crippen LogP) is 1.97. The highest BCUT2D eigenvalue weighted by Crippen LogP contribution is 2.41. The molecule has 1 aliphatic carbocycles. The Balaban J connectivity index is 2.59. The zero-order valence-corrected chi connectivity index (χ0v) is 6.90. The lowest BCUT2D eigenvalue weighted by molar-refractivity contribution is -0.141. The van der Waals surface area contributed by atoms with Crippen LogP contribution in [0.5, 0.6) is 0 Å². The largest absolute Gasteiger partial charge is 0.435 e. The molecule has 0 radical (unpaired) electrons. The van der Waals surface area contributed by atoms with E-state index in [0.717, 1.165) is 0 Å². The van der Waals surface area contributed by atoms with Crippen LogP contribution in [0.2, 0.25) is 0 Å². The number of H-pyrrole nitrogens is 1. The van der Waals surface area contributed by atoms with E-state index in [1.54, 1.807) is 5.10 Å². The highest BCUT2D eigenvalue weighted by atomic mass is 19.4. The van der Waals surface area contributed by atoms with Crippen LogP contribution in [0.15, 0.2) is 0 Å². The Morgan fingerprint density at radius 2 is 1.80 bits per heavy atom. The third kappa shape index (κ3) is 1.24. The Kier molecular flexibility index (Phi) is 1.86. The first-order valence-corrected chi connectivity index (χ1v) is 3.82. The Morgan fingerprint density at radius 3 is 2.33 bits per heavy atom. The fraction of sp³-hybridized carbons (Fsp3) is 0.429. The smallest absolute Gasteiger partial charge is 0.291 e. The van der Waals surface area contributed by atoms with Crippen molar-refractivity contribution in [1.82, 2.24) is 10.2 Å². The number of carbonyl (C=O) groups is 1. The van der Waals surface area contributed by atoms with Gasteiger partial charge >= 0.3 is 6.18 Å². The van der Waals surface area contributed by atoms with Gasteiger partial charge in [-0.15, -0.1) is 0 Å². The van der Waals surface area contributed by atoms with Gasteiger partial charge in [0.15, 0.2) is 18.0 Å². The summed E-state index contributed by atoms with van der Waals surface area (Å²) in [6.45, 7) is 0. The van der Waals surface area contributed by atoms with Crippen LogP contribution in [0.1, 0.15) is 27.9 Å². The quantitative estimate of drug-likeness (QED) is 0.687. The second kappa shape index (κ2) is 2.77. The van der Waals surface area contributed by atoms with Crippen LogP contribution in [-0.4, -0.2) is 22.2 Å². The SMILES string of the molecule is O=C1c2c(C(F)(F)F)n[nH]c2[C@@H](F)[C@H]1F. The maximum Gasteiger partial charge on any atom is 0.435 e. The van der Waals surface area contributed by atoms with Crippen LogP contribution in [-0.2, 0) is 6.18 Å². The van der Waals surface area contributed by atoms with E-state index in [1.165, 1.54) is 0 Å². The molecule has 2 rings (SSSR count). The number of Topliss-reactive ketones (excluding diaryl/α,β-unsaturated/α-hetero) is 1. The normalized spacial score (nSPS) is 25.8. The Bertz CT molecular complexity index is 424. The van der Waals surface area contributed by atoms with Crippen molar-refractivity contribution in [2.45, 2.75) is 18.5 Å². The summed E-state index contributed by atoms with van der Waals surface area (Å²) >= 11 is 0. The standard InChI is InChI=1S/C7H3F5N2O/c8-2-3(9)5(15)1-4(2)13-14-6(1)7(10,11)12/h2-3H,(H,13,14)/t2-,3+/m0/s1. The molecule has 3 nitrogen and oxygen atoms in total. The fourth-order valence-electron chi connectivity index (χ4n) is 1.43. The maximum absolute atomic E-state index is 12.9. The summed E-state index contributed by atoms with van der Waals surface area (Å²) in [7, 11) is 0. The van der Waals surface area contributed by atoms with Crippen LogP contribution in [0.4, 0.5) is 22.0 Å². The second-order valence-electron chi connectivity index (χ2n) is 3.03. The van der Waals surface area contributed by atoms with Crippen molar-refractivity contribution in [1.29, 1.82) is 0 Å². The second-order valence-corrected chi connectivity index (χ2v) is 3.03. The van der Waals surface area contributed by atoms with E-state index in [0.29, 0.717) is 0 Å². The molecule has 1 aromatic heterocycles. The van der Waals surface area contributed by atoms with Gasteiger partial charge in [0.1, 0.15) is 0 Å². The Labute approximate surface area is 79.3 Å². The van der Waals surface area contributed by atoms with E-state index in [1.807, 2.05) is 0 Å².